The Morgan fingerprint density at radius 3 is 1.79 bits per heavy atom. The number of benzene rings is 2. The fourth-order valence-electron chi connectivity index (χ4n) is 3.52. The van der Waals surface area contributed by atoms with E-state index in [-0.39, 0.29) is 18.1 Å². The predicted molar refractivity (Wildman–Crippen MR) is 92.7 cm³/mol. The fourth-order valence-corrected chi connectivity index (χ4v) is 5.95. The summed E-state index contributed by atoms with van der Waals surface area (Å²) in [6.07, 6.45) is 0. The van der Waals surface area contributed by atoms with Gasteiger partial charge in [0.15, 0.2) is 9.84 Å². The maximum absolute atomic E-state index is 13.1. The van der Waals surface area contributed by atoms with Crippen LogP contribution in [0.5, 0.6) is 0 Å². The van der Waals surface area contributed by atoms with Gasteiger partial charge in [-0.2, -0.15) is 0 Å². The standard InChI is InChI=1S/C19H22O4S/c1-13-3-7-15(8-4-13)17-18(19(17,11-20)12-21)24(22,23)16-9-5-14(2)6-10-16/h3-10,17-18,20-21H,11-12H2,1-2H3/t17-,18+/m1/s1. The second kappa shape index (κ2) is 5.99. The number of hydrogen-bond acceptors (Lipinski definition) is 4. The van der Waals surface area contributed by atoms with E-state index in [1.54, 1.807) is 24.3 Å². The number of aliphatic hydroxyl groups is 2. The van der Waals surface area contributed by atoms with E-state index in [4.69, 9.17) is 0 Å². The van der Waals surface area contributed by atoms with Gasteiger partial charge in [-0.15, -0.1) is 0 Å². The zero-order valence-electron chi connectivity index (χ0n) is 13.8. The van der Waals surface area contributed by atoms with Crippen molar-refractivity contribution in [3.63, 3.8) is 0 Å². The molecule has 3 rings (SSSR count). The minimum atomic E-state index is -3.64. The van der Waals surface area contributed by atoms with Gasteiger partial charge in [-0.3, -0.25) is 0 Å². The Hall–Kier alpha value is -1.69. The average Bonchev–Trinajstić information content (AvgIpc) is 3.26. The normalized spacial score (nSPS) is 22.3. The van der Waals surface area contributed by atoms with Gasteiger partial charge in [0.05, 0.1) is 23.4 Å². The van der Waals surface area contributed by atoms with Crippen LogP contribution in [0.4, 0.5) is 0 Å². The lowest BCUT2D eigenvalue weighted by molar-refractivity contribution is 0.130. The number of hydrogen-bond donors (Lipinski definition) is 2. The lowest BCUT2D eigenvalue weighted by atomic mass is 10.00. The van der Waals surface area contributed by atoms with Crippen molar-refractivity contribution in [1.82, 2.24) is 0 Å². The molecule has 1 aliphatic carbocycles. The quantitative estimate of drug-likeness (QED) is 0.870. The number of sulfone groups is 1. The second-order valence-corrected chi connectivity index (χ2v) is 8.79. The SMILES string of the molecule is Cc1ccc([C@@H]2[C@H](S(=O)(=O)c3ccc(C)cc3)C2(CO)CO)cc1. The van der Waals surface area contributed by atoms with E-state index >= 15 is 0 Å². The van der Waals surface area contributed by atoms with Gasteiger partial charge in [0.1, 0.15) is 0 Å². The van der Waals surface area contributed by atoms with Crippen LogP contribution in [0.25, 0.3) is 0 Å². The second-order valence-electron chi connectivity index (χ2n) is 6.72. The summed E-state index contributed by atoms with van der Waals surface area (Å²) in [4.78, 5) is 0.235. The molecule has 1 saturated carbocycles. The van der Waals surface area contributed by atoms with Crippen LogP contribution in [-0.2, 0) is 9.84 Å². The maximum atomic E-state index is 13.1. The summed E-state index contributed by atoms with van der Waals surface area (Å²) in [6, 6.07) is 14.3. The Balaban J connectivity index is 2.04. The van der Waals surface area contributed by atoms with Gasteiger partial charge in [0, 0.05) is 11.3 Å². The highest BCUT2D eigenvalue weighted by Crippen LogP contribution is 2.63. The molecule has 0 aromatic heterocycles. The van der Waals surface area contributed by atoms with Crippen LogP contribution in [0, 0.1) is 19.3 Å². The largest absolute Gasteiger partial charge is 0.396 e. The summed E-state index contributed by atoms with van der Waals surface area (Å²) in [6.45, 7) is 3.13. The molecule has 0 saturated heterocycles. The molecule has 0 unspecified atom stereocenters. The van der Waals surface area contributed by atoms with Crippen LogP contribution in [0.1, 0.15) is 22.6 Å². The van der Waals surface area contributed by atoms with Gasteiger partial charge < -0.3 is 10.2 Å². The third kappa shape index (κ3) is 2.57. The van der Waals surface area contributed by atoms with Gasteiger partial charge in [-0.25, -0.2) is 8.42 Å². The Morgan fingerprint density at radius 1 is 0.875 bits per heavy atom. The molecule has 2 aromatic rings. The first kappa shape index (κ1) is 17.1. The van der Waals surface area contributed by atoms with Crippen LogP contribution >= 0.6 is 0 Å². The number of aliphatic hydroxyl groups excluding tert-OH is 2. The van der Waals surface area contributed by atoms with E-state index in [0.29, 0.717) is 0 Å². The fraction of sp³-hybridized carbons (Fsp3) is 0.368. The summed E-state index contributed by atoms with van der Waals surface area (Å²) < 4.78 is 26.1. The zero-order valence-corrected chi connectivity index (χ0v) is 14.6. The van der Waals surface area contributed by atoms with Crippen molar-refractivity contribution in [2.45, 2.75) is 29.9 Å². The van der Waals surface area contributed by atoms with Crippen molar-refractivity contribution in [1.29, 1.82) is 0 Å². The summed E-state index contributed by atoms with van der Waals surface area (Å²) in [5.74, 6) is -0.403. The third-order valence-electron chi connectivity index (χ3n) is 5.09. The van der Waals surface area contributed by atoms with E-state index < -0.39 is 26.4 Å². The van der Waals surface area contributed by atoms with Crippen LogP contribution in [-0.4, -0.2) is 37.1 Å². The molecule has 1 aliphatic rings. The van der Waals surface area contributed by atoms with Gasteiger partial charge in [-0.1, -0.05) is 47.5 Å². The van der Waals surface area contributed by atoms with Crippen molar-refractivity contribution in [3.8, 4) is 0 Å². The summed E-state index contributed by atoms with van der Waals surface area (Å²) >= 11 is 0. The number of aryl methyl sites for hydroxylation is 2. The van der Waals surface area contributed by atoms with Crippen molar-refractivity contribution in [2.75, 3.05) is 13.2 Å². The third-order valence-corrected chi connectivity index (χ3v) is 7.43. The monoisotopic (exact) mass is 346 g/mol. The molecule has 2 atom stereocenters. The van der Waals surface area contributed by atoms with Crippen molar-refractivity contribution < 1.29 is 18.6 Å². The maximum Gasteiger partial charge on any atom is 0.182 e. The molecule has 24 heavy (non-hydrogen) atoms. The average molecular weight is 346 g/mol. The minimum Gasteiger partial charge on any atom is -0.396 e. The Kier molecular flexibility index (Phi) is 4.28. The van der Waals surface area contributed by atoms with E-state index in [2.05, 4.69) is 0 Å². The molecule has 0 heterocycles. The molecular formula is C19H22O4S. The molecule has 2 N–H and O–H groups in total. The molecule has 4 nitrogen and oxygen atoms in total. The molecule has 0 amide bonds. The molecular weight excluding hydrogens is 324 g/mol. The van der Waals surface area contributed by atoms with Crippen molar-refractivity contribution >= 4 is 9.84 Å². The van der Waals surface area contributed by atoms with E-state index in [0.717, 1.165) is 16.7 Å². The topological polar surface area (TPSA) is 74.6 Å². The smallest absolute Gasteiger partial charge is 0.182 e. The van der Waals surface area contributed by atoms with Gasteiger partial charge in [0.2, 0.25) is 0 Å². The Morgan fingerprint density at radius 2 is 1.33 bits per heavy atom. The van der Waals surface area contributed by atoms with Crippen LogP contribution in [0.2, 0.25) is 0 Å². The lowest BCUT2D eigenvalue weighted by Crippen LogP contribution is -2.23. The molecule has 0 spiro atoms. The first-order valence-electron chi connectivity index (χ1n) is 7.95. The minimum absolute atomic E-state index is 0.235. The number of rotatable bonds is 5. The summed E-state index contributed by atoms with van der Waals surface area (Å²) in [5.41, 5.74) is 1.87. The van der Waals surface area contributed by atoms with E-state index in [1.165, 1.54) is 0 Å². The van der Waals surface area contributed by atoms with Crippen LogP contribution < -0.4 is 0 Å². The van der Waals surface area contributed by atoms with Crippen molar-refractivity contribution in [3.05, 3.63) is 65.2 Å². The first-order chi connectivity index (χ1) is 11.4. The van der Waals surface area contributed by atoms with Crippen LogP contribution in [0.3, 0.4) is 0 Å². The van der Waals surface area contributed by atoms with Gasteiger partial charge in [0.25, 0.3) is 0 Å². The lowest BCUT2D eigenvalue weighted by Gasteiger charge is -2.11. The molecule has 128 valence electrons. The highest BCUT2D eigenvalue weighted by molar-refractivity contribution is 7.92. The van der Waals surface area contributed by atoms with Crippen molar-refractivity contribution in [2.24, 2.45) is 5.41 Å². The van der Waals surface area contributed by atoms with E-state index in [9.17, 15) is 18.6 Å². The highest BCUT2D eigenvalue weighted by Gasteiger charge is 2.70. The van der Waals surface area contributed by atoms with Crippen LogP contribution in [0.15, 0.2) is 53.4 Å². The predicted octanol–water partition coefficient (Wildman–Crippen LogP) is 2.21. The van der Waals surface area contributed by atoms with Gasteiger partial charge in [-0.05, 0) is 31.5 Å². The molecule has 0 bridgehead atoms. The van der Waals surface area contributed by atoms with Gasteiger partial charge >= 0.3 is 0 Å². The molecule has 0 aliphatic heterocycles. The Bertz CT molecular complexity index is 819. The molecule has 1 fully saturated rings. The molecule has 5 heteroatoms. The molecule has 2 aromatic carbocycles. The summed E-state index contributed by atoms with van der Waals surface area (Å²) in [7, 11) is -3.64. The Labute approximate surface area is 142 Å². The first-order valence-corrected chi connectivity index (χ1v) is 9.50. The highest BCUT2D eigenvalue weighted by atomic mass is 32.2. The summed E-state index contributed by atoms with van der Waals surface area (Å²) in [5, 5.41) is 18.9. The van der Waals surface area contributed by atoms with E-state index in [1.807, 2.05) is 38.1 Å². The molecule has 0 radical (unpaired) electrons. The zero-order chi connectivity index (χ0) is 17.5.